The molecule has 0 aliphatic rings. The van der Waals surface area contributed by atoms with Gasteiger partial charge in [-0.3, -0.25) is 9.59 Å². The molecule has 0 spiro atoms. The zero-order valence-corrected chi connectivity index (χ0v) is 22.1. The monoisotopic (exact) mass is 536 g/mol. The number of nitrogens with zero attached hydrogens (tertiary/aromatic N) is 1. The Bertz CT molecular complexity index is 1120. The summed E-state index contributed by atoms with van der Waals surface area (Å²) in [4.78, 5) is 28.7. The van der Waals surface area contributed by atoms with Gasteiger partial charge in [0.05, 0.1) is 0 Å². The summed E-state index contributed by atoms with van der Waals surface area (Å²) in [6, 6.07) is 24.5. The van der Waals surface area contributed by atoms with Gasteiger partial charge in [-0.25, -0.2) is 0 Å². The van der Waals surface area contributed by atoms with E-state index < -0.39 is 6.04 Å². The maximum Gasteiger partial charge on any atom is 0.261 e. The van der Waals surface area contributed by atoms with Gasteiger partial charge in [0.25, 0.3) is 5.91 Å². The molecule has 0 fully saturated rings. The lowest BCUT2D eigenvalue weighted by Gasteiger charge is -2.32. The fraction of sp³-hybridized carbons (Fsp3) is 0.310. The zero-order chi connectivity index (χ0) is 25.2. The van der Waals surface area contributed by atoms with Crippen LogP contribution in [-0.2, 0) is 22.6 Å². The highest BCUT2D eigenvalue weighted by atomic mass is 79.9. The van der Waals surface area contributed by atoms with E-state index in [4.69, 9.17) is 4.74 Å². The van der Waals surface area contributed by atoms with Crippen LogP contribution in [0.5, 0.6) is 5.75 Å². The van der Waals surface area contributed by atoms with E-state index in [-0.39, 0.29) is 24.5 Å². The number of hydrogen-bond acceptors (Lipinski definition) is 3. The van der Waals surface area contributed by atoms with E-state index in [1.165, 1.54) is 0 Å². The van der Waals surface area contributed by atoms with Gasteiger partial charge in [-0.1, -0.05) is 77.5 Å². The van der Waals surface area contributed by atoms with Crippen molar-refractivity contribution in [1.82, 2.24) is 10.2 Å². The maximum absolute atomic E-state index is 13.6. The Labute approximate surface area is 216 Å². The van der Waals surface area contributed by atoms with Crippen molar-refractivity contribution < 1.29 is 14.3 Å². The number of hydrogen-bond donors (Lipinski definition) is 1. The van der Waals surface area contributed by atoms with Crippen LogP contribution in [0.3, 0.4) is 0 Å². The highest BCUT2D eigenvalue weighted by molar-refractivity contribution is 9.10. The van der Waals surface area contributed by atoms with Crippen molar-refractivity contribution in [2.75, 3.05) is 6.61 Å². The van der Waals surface area contributed by atoms with E-state index in [0.717, 1.165) is 27.6 Å². The minimum atomic E-state index is -0.681. The van der Waals surface area contributed by atoms with Crippen molar-refractivity contribution in [1.29, 1.82) is 0 Å². The van der Waals surface area contributed by atoms with Gasteiger partial charge >= 0.3 is 0 Å². The Balaban J connectivity index is 1.91. The third-order valence-electron chi connectivity index (χ3n) is 5.87. The molecule has 6 heteroatoms. The van der Waals surface area contributed by atoms with Crippen LogP contribution in [0.1, 0.15) is 37.0 Å². The molecule has 2 amide bonds. The molecule has 0 unspecified atom stereocenters. The predicted molar refractivity (Wildman–Crippen MR) is 143 cm³/mol. The fourth-order valence-corrected chi connectivity index (χ4v) is 4.21. The third-order valence-corrected chi connectivity index (χ3v) is 6.36. The normalized spacial score (nSPS) is 12.5. The molecule has 5 nitrogen and oxygen atoms in total. The number of amides is 2. The van der Waals surface area contributed by atoms with E-state index in [9.17, 15) is 9.59 Å². The smallest absolute Gasteiger partial charge is 0.261 e. The first kappa shape index (κ1) is 26.5. The molecule has 2 atom stereocenters. The van der Waals surface area contributed by atoms with Crippen LogP contribution in [0.25, 0.3) is 0 Å². The molecule has 0 aromatic heterocycles. The lowest BCUT2D eigenvalue weighted by molar-refractivity contribution is -0.143. The Morgan fingerprint density at radius 2 is 1.69 bits per heavy atom. The first-order valence-electron chi connectivity index (χ1n) is 11.9. The minimum Gasteiger partial charge on any atom is -0.484 e. The van der Waals surface area contributed by atoms with Crippen molar-refractivity contribution in [3.63, 3.8) is 0 Å². The molecule has 0 aliphatic heterocycles. The number of benzene rings is 3. The van der Waals surface area contributed by atoms with Crippen LogP contribution < -0.4 is 10.1 Å². The Kier molecular flexibility index (Phi) is 9.91. The average molecular weight is 537 g/mol. The van der Waals surface area contributed by atoms with Gasteiger partial charge in [0.1, 0.15) is 11.8 Å². The average Bonchev–Trinajstić information content (AvgIpc) is 2.85. The van der Waals surface area contributed by atoms with E-state index in [2.05, 4.69) is 21.2 Å². The Morgan fingerprint density at radius 1 is 0.971 bits per heavy atom. The molecule has 3 aromatic carbocycles. The molecule has 0 radical (unpaired) electrons. The van der Waals surface area contributed by atoms with E-state index >= 15 is 0 Å². The van der Waals surface area contributed by atoms with Crippen molar-refractivity contribution >= 4 is 27.7 Å². The van der Waals surface area contributed by atoms with E-state index in [1.807, 2.05) is 99.6 Å². The summed E-state index contributed by atoms with van der Waals surface area (Å²) < 4.78 is 6.76. The van der Waals surface area contributed by atoms with Crippen LogP contribution in [0.4, 0.5) is 0 Å². The van der Waals surface area contributed by atoms with Gasteiger partial charge in [0.2, 0.25) is 5.91 Å². The molecule has 184 valence electrons. The summed E-state index contributed by atoms with van der Waals surface area (Å²) in [5, 5.41) is 3.08. The highest BCUT2D eigenvalue weighted by Gasteiger charge is 2.31. The lowest BCUT2D eigenvalue weighted by atomic mass is 10.0. The van der Waals surface area contributed by atoms with Crippen LogP contribution in [0.2, 0.25) is 0 Å². The molecule has 3 rings (SSSR count). The SMILES string of the molecule is CC[C@@H](C)NC(=O)[C@H](Cc1ccccc1)N(Cc1cccc(Br)c1)C(=O)COc1cccc(C)c1. The second kappa shape index (κ2) is 13.1. The summed E-state index contributed by atoms with van der Waals surface area (Å²) in [6.45, 7) is 6.11. The number of nitrogens with one attached hydrogen (secondary N) is 1. The van der Waals surface area contributed by atoms with E-state index in [0.29, 0.717) is 18.7 Å². The summed E-state index contributed by atoms with van der Waals surface area (Å²) in [5.41, 5.74) is 2.97. The third kappa shape index (κ3) is 8.25. The maximum atomic E-state index is 13.6. The number of carbonyl (C=O) groups is 2. The quantitative estimate of drug-likeness (QED) is 0.342. The van der Waals surface area contributed by atoms with E-state index in [1.54, 1.807) is 4.90 Å². The Hall–Kier alpha value is -3.12. The molecule has 0 bridgehead atoms. The summed E-state index contributed by atoms with van der Waals surface area (Å²) in [7, 11) is 0. The number of aryl methyl sites for hydroxylation is 1. The van der Waals surface area contributed by atoms with Crippen molar-refractivity contribution in [2.24, 2.45) is 0 Å². The molecular formula is C29H33BrN2O3. The van der Waals surface area contributed by atoms with Gasteiger partial charge in [0, 0.05) is 23.5 Å². The largest absolute Gasteiger partial charge is 0.484 e. The molecule has 0 aliphatic carbocycles. The topological polar surface area (TPSA) is 58.6 Å². The molecule has 3 aromatic rings. The van der Waals surface area contributed by atoms with Gasteiger partial charge in [-0.05, 0) is 61.2 Å². The minimum absolute atomic E-state index is 0.00661. The molecular weight excluding hydrogens is 504 g/mol. The zero-order valence-electron chi connectivity index (χ0n) is 20.5. The fourth-order valence-electron chi connectivity index (χ4n) is 3.76. The van der Waals surface area contributed by atoms with Crippen LogP contribution in [0, 0.1) is 6.92 Å². The molecule has 0 saturated carbocycles. The standard InChI is InChI=1S/C29H33BrN2O3/c1-4-22(3)31-29(34)27(18-23-11-6-5-7-12-23)32(19-24-13-9-14-25(30)17-24)28(33)20-35-26-15-8-10-21(2)16-26/h5-17,22,27H,4,18-20H2,1-3H3,(H,31,34)/t22-,27+/m1/s1. The van der Waals surface area contributed by atoms with Gasteiger partial charge < -0.3 is 15.0 Å². The number of carbonyl (C=O) groups excluding carboxylic acids is 2. The number of ether oxygens (including phenoxy) is 1. The van der Waals surface area contributed by atoms with Gasteiger partial charge in [-0.2, -0.15) is 0 Å². The van der Waals surface area contributed by atoms with Crippen LogP contribution >= 0.6 is 15.9 Å². The molecule has 1 N–H and O–H groups in total. The summed E-state index contributed by atoms with van der Waals surface area (Å²) in [5.74, 6) is 0.221. The van der Waals surface area contributed by atoms with Crippen molar-refractivity contribution in [3.8, 4) is 5.75 Å². The molecule has 0 saturated heterocycles. The number of halogens is 1. The van der Waals surface area contributed by atoms with Crippen molar-refractivity contribution in [3.05, 3.63) is 100 Å². The second-order valence-corrected chi connectivity index (χ2v) is 9.70. The summed E-state index contributed by atoms with van der Waals surface area (Å²) >= 11 is 3.51. The van der Waals surface area contributed by atoms with Crippen molar-refractivity contribution in [2.45, 2.75) is 52.2 Å². The predicted octanol–water partition coefficient (Wildman–Crippen LogP) is 5.69. The molecule has 35 heavy (non-hydrogen) atoms. The highest BCUT2D eigenvalue weighted by Crippen LogP contribution is 2.19. The number of rotatable bonds is 11. The Morgan fingerprint density at radius 3 is 2.37 bits per heavy atom. The van der Waals surface area contributed by atoms with Crippen LogP contribution in [-0.4, -0.2) is 35.4 Å². The second-order valence-electron chi connectivity index (χ2n) is 8.78. The first-order chi connectivity index (χ1) is 16.9. The first-order valence-corrected chi connectivity index (χ1v) is 12.7. The van der Waals surface area contributed by atoms with Crippen LogP contribution in [0.15, 0.2) is 83.3 Å². The lowest BCUT2D eigenvalue weighted by Crippen LogP contribution is -2.53. The molecule has 0 heterocycles. The van der Waals surface area contributed by atoms with Gasteiger partial charge in [-0.15, -0.1) is 0 Å². The van der Waals surface area contributed by atoms with Gasteiger partial charge in [0.15, 0.2) is 6.61 Å². The summed E-state index contributed by atoms with van der Waals surface area (Å²) in [6.07, 6.45) is 1.22.